The summed E-state index contributed by atoms with van der Waals surface area (Å²) in [5.74, 6) is 1.36. The maximum absolute atomic E-state index is 11.7. The van der Waals surface area contributed by atoms with Crippen LogP contribution in [-0.4, -0.2) is 48.6 Å². The Bertz CT molecular complexity index is 520. The molecule has 0 unspecified atom stereocenters. The molecule has 0 bridgehead atoms. The molecule has 0 spiro atoms. The highest BCUT2D eigenvalue weighted by Crippen LogP contribution is 2.10. The van der Waals surface area contributed by atoms with Crippen molar-refractivity contribution < 1.29 is 14.7 Å². The number of carboxylic acids is 1. The third kappa shape index (κ3) is 4.75. The van der Waals surface area contributed by atoms with Crippen LogP contribution in [-0.2, 0) is 11.2 Å². The highest BCUT2D eigenvalue weighted by atomic mass is 16.4. The standard InChI is InChI=1S/C15H18N2O3/c1-3-9-16-11-14(18)17(2)10-8-12-6-4-5-7-13(12)15(19)20/h1,4-7,16H,8-11H2,2H3,(H,19,20). The number of nitrogens with zero attached hydrogens (tertiary/aromatic N) is 1. The molecule has 0 aliphatic heterocycles. The van der Waals surface area contributed by atoms with E-state index in [1.54, 1.807) is 36.2 Å². The van der Waals surface area contributed by atoms with Gasteiger partial charge in [0.2, 0.25) is 5.91 Å². The summed E-state index contributed by atoms with van der Waals surface area (Å²) in [5, 5.41) is 11.9. The van der Waals surface area contributed by atoms with Crippen LogP contribution in [0.1, 0.15) is 15.9 Å². The molecule has 0 aromatic heterocycles. The number of terminal acetylenes is 1. The molecule has 5 heteroatoms. The average molecular weight is 274 g/mol. The molecule has 0 saturated carbocycles. The van der Waals surface area contributed by atoms with E-state index >= 15 is 0 Å². The Morgan fingerprint density at radius 3 is 2.75 bits per heavy atom. The van der Waals surface area contributed by atoms with Gasteiger partial charge in [-0.15, -0.1) is 6.42 Å². The maximum Gasteiger partial charge on any atom is 0.335 e. The van der Waals surface area contributed by atoms with Crippen LogP contribution in [0.3, 0.4) is 0 Å². The minimum atomic E-state index is -0.953. The van der Waals surface area contributed by atoms with E-state index < -0.39 is 5.97 Å². The number of carboxylic acid groups (broad SMARTS) is 1. The molecule has 0 radical (unpaired) electrons. The summed E-state index contributed by atoms with van der Waals surface area (Å²) in [5.41, 5.74) is 0.995. The minimum absolute atomic E-state index is 0.0759. The normalized spacial score (nSPS) is 9.80. The van der Waals surface area contributed by atoms with Crippen molar-refractivity contribution in [2.24, 2.45) is 0 Å². The van der Waals surface area contributed by atoms with E-state index in [0.717, 1.165) is 5.56 Å². The lowest BCUT2D eigenvalue weighted by atomic mass is 10.0. The fraction of sp³-hybridized carbons (Fsp3) is 0.333. The molecule has 0 aliphatic carbocycles. The summed E-state index contributed by atoms with van der Waals surface area (Å²) in [6, 6.07) is 6.80. The molecule has 0 saturated heterocycles. The predicted molar refractivity (Wildman–Crippen MR) is 76.4 cm³/mol. The van der Waals surface area contributed by atoms with E-state index in [1.165, 1.54) is 0 Å². The first kappa shape index (κ1) is 15.7. The third-order valence-corrected chi connectivity index (χ3v) is 2.89. The van der Waals surface area contributed by atoms with Crippen molar-refractivity contribution in [3.63, 3.8) is 0 Å². The Hall–Kier alpha value is -2.32. The Kier molecular flexibility index (Phi) is 6.27. The Morgan fingerprint density at radius 1 is 1.40 bits per heavy atom. The first-order chi connectivity index (χ1) is 9.56. The van der Waals surface area contributed by atoms with Crippen LogP contribution < -0.4 is 5.32 Å². The number of amides is 1. The zero-order valence-corrected chi connectivity index (χ0v) is 11.4. The molecule has 2 N–H and O–H groups in total. The highest BCUT2D eigenvalue weighted by molar-refractivity contribution is 5.89. The second-order valence-electron chi connectivity index (χ2n) is 4.34. The molecule has 1 amide bonds. The van der Waals surface area contributed by atoms with E-state index in [2.05, 4.69) is 11.2 Å². The summed E-state index contributed by atoms with van der Waals surface area (Å²) in [6.45, 7) is 0.990. The monoisotopic (exact) mass is 274 g/mol. The Morgan fingerprint density at radius 2 is 2.10 bits per heavy atom. The zero-order chi connectivity index (χ0) is 15.0. The van der Waals surface area contributed by atoms with E-state index in [0.29, 0.717) is 19.5 Å². The summed E-state index contributed by atoms with van der Waals surface area (Å²) in [4.78, 5) is 24.4. The van der Waals surface area contributed by atoms with Crippen LogP contribution in [0.2, 0.25) is 0 Å². The van der Waals surface area contributed by atoms with Gasteiger partial charge in [-0.1, -0.05) is 24.1 Å². The second kappa shape index (κ2) is 7.97. The number of aromatic carboxylic acids is 1. The third-order valence-electron chi connectivity index (χ3n) is 2.89. The van der Waals surface area contributed by atoms with Crippen molar-refractivity contribution in [2.75, 3.05) is 26.7 Å². The Balaban J connectivity index is 2.53. The number of benzene rings is 1. The van der Waals surface area contributed by atoms with Gasteiger partial charge in [-0.25, -0.2) is 4.79 Å². The van der Waals surface area contributed by atoms with Gasteiger partial charge in [-0.2, -0.15) is 0 Å². The number of nitrogens with one attached hydrogen (secondary N) is 1. The van der Waals surface area contributed by atoms with E-state index in [-0.39, 0.29) is 18.0 Å². The molecule has 0 atom stereocenters. The molecule has 20 heavy (non-hydrogen) atoms. The van der Waals surface area contributed by atoms with E-state index in [4.69, 9.17) is 11.5 Å². The van der Waals surface area contributed by atoms with Crippen LogP contribution in [0.15, 0.2) is 24.3 Å². The van der Waals surface area contributed by atoms with Crippen molar-refractivity contribution in [3.8, 4) is 12.3 Å². The Labute approximate surface area is 118 Å². The molecule has 0 heterocycles. The summed E-state index contributed by atoms with van der Waals surface area (Å²) >= 11 is 0. The lowest BCUT2D eigenvalue weighted by Gasteiger charge is -2.17. The van der Waals surface area contributed by atoms with Gasteiger partial charge in [-0.05, 0) is 18.1 Å². The first-order valence-corrected chi connectivity index (χ1v) is 6.25. The number of hydrogen-bond donors (Lipinski definition) is 2. The fourth-order valence-corrected chi connectivity index (χ4v) is 1.74. The lowest BCUT2D eigenvalue weighted by Crippen LogP contribution is -2.36. The second-order valence-corrected chi connectivity index (χ2v) is 4.34. The van der Waals surface area contributed by atoms with Gasteiger partial charge in [0.1, 0.15) is 0 Å². The van der Waals surface area contributed by atoms with Crippen LogP contribution in [0.5, 0.6) is 0 Å². The maximum atomic E-state index is 11.7. The number of likely N-dealkylation sites (N-methyl/N-ethyl adjacent to an activating group) is 1. The largest absolute Gasteiger partial charge is 0.478 e. The minimum Gasteiger partial charge on any atom is -0.478 e. The van der Waals surface area contributed by atoms with Crippen LogP contribution in [0, 0.1) is 12.3 Å². The molecule has 1 aromatic rings. The van der Waals surface area contributed by atoms with Crippen LogP contribution in [0.4, 0.5) is 0 Å². The summed E-state index contributed by atoms with van der Waals surface area (Å²) in [7, 11) is 1.68. The summed E-state index contributed by atoms with van der Waals surface area (Å²) < 4.78 is 0. The quantitative estimate of drug-likeness (QED) is 0.564. The first-order valence-electron chi connectivity index (χ1n) is 6.25. The van der Waals surface area contributed by atoms with Gasteiger partial charge in [0.05, 0.1) is 18.7 Å². The van der Waals surface area contributed by atoms with Gasteiger partial charge in [0.25, 0.3) is 0 Å². The topological polar surface area (TPSA) is 69.6 Å². The lowest BCUT2D eigenvalue weighted by molar-refractivity contribution is -0.128. The number of carbonyl (C=O) groups is 2. The highest BCUT2D eigenvalue weighted by Gasteiger charge is 2.12. The molecular formula is C15H18N2O3. The smallest absolute Gasteiger partial charge is 0.335 e. The van der Waals surface area contributed by atoms with Crippen molar-refractivity contribution in [1.82, 2.24) is 10.2 Å². The van der Waals surface area contributed by atoms with E-state index in [1.807, 2.05) is 0 Å². The molecule has 1 aromatic carbocycles. The van der Waals surface area contributed by atoms with Gasteiger partial charge < -0.3 is 10.0 Å². The number of rotatable bonds is 7. The number of hydrogen-bond acceptors (Lipinski definition) is 3. The number of carbonyl (C=O) groups excluding carboxylic acids is 1. The SMILES string of the molecule is C#CCNCC(=O)N(C)CCc1ccccc1C(=O)O. The average Bonchev–Trinajstić information content (AvgIpc) is 2.45. The van der Waals surface area contributed by atoms with Crippen LogP contribution in [0.25, 0.3) is 0 Å². The fourth-order valence-electron chi connectivity index (χ4n) is 1.74. The van der Waals surface area contributed by atoms with E-state index in [9.17, 15) is 9.59 Å². The predicted octanol–water partition coefficient (Wildman–Crippen LogP) is 0.608. The van der Waals surface area contributed by atoms with Gasteiger partial charge in [-0.3, -0.25) is 10.1 Å². The van der Waals surface area contributed by atoms with Crippen molar-refractivity contribution in [2.45, 2.75) is 6.42 Å². The molecular weight excluding hydrogens is 256 g/mol. The molecule has 1 rings (SSSR count). The molecule has 0 aliphatic rings. The van der Waals surface area contributed by atoms with Gasteiger partial charge >= 0.3 is 5.97 Å². The van der Waals surface area contributed by atoms with Crippen LogP contribution >= 0.6 is 0 Å². The van der Waals surface area contributed by atoms with Gasteiger partial charge in [0.15, 0.2) is 0 Å². The molecule has 0 fully saturated rings. The van der Waals surface area contributed by atoms with Crippen molar-refractivity contribution in [3.05, 3.63) is 35.4 Å². The molecule has 5 nitrogen and oxygen atoms in total. The zero-order valence-electron chi connectivity index (χ0n) is 11.4. The van der Waals surface area contributed by atoms with Crippen molar-refractivity contribution >= 4 is 11.9 Å². The van der Waals surface area contributed by atoms with Crippen molar-refractivity contribution in [1.29, 1.82) is 0 Å². The molecule has 106 valence electrons. The summed E-state index contributed by atoms with van der Waals surface area (Å²) in [6.07, 6.45) is 5.58. The van der Waals surface area contributed by atoms with Gasteiger partial charge in [0, 0.05) is 13.6 Å².